The van der Waals surface area contributed by atoms with Crippen molar-refractivity contribution >= 4 is 46.3 Å². The minimum Gasteiger partial charge on any atom is -0.496 e. The molecule has 0 saturated heterocycles. The van der Waals surface area contributed by atoms with E-state index in [0.717, 1.165) is 22.4 Å². The Kier molecular flexibility index (Phi) is 8.81. The number of benzene rings is 3. The third-order valence-electron chi connectivity index (χ3n) is 6.36. The third kappa shape index (κ3) is 5.83. The number of esters is 1. The molecule has 0 bridgehead atoms. The monoisotopic (exact) mass is 581 g/mol. The number of carbonyl (C=O) groups is 1. The molecule has 1 heterocycles. The number of ether oxygens (including phenoxy) is 3. The number of hydrogen-bond acceptors (Lipinski definition) is 7. The van der Waals surface area contributed by atoms with Crippen LogP contribution < -0.4 is 15.0 Å². The van der Waals surface area contributed by atoms with Crippen LogP contribution in [0.15, 0.2) is 58.4 Å². The summed E-state index contributed by atoms with van der Waals surface area (Å²) < 4.78 is 17.2. The lowest BCUT2D eigenvalue weighted by Gasteiger charge is -2.17. The average Bonchev–Trinajstić information content (AvgIpc) is 2.93. The molecule has 40 heavy (non-hydrogen) atoms. The Balaban J connectivity index is 1.86. The summed E-state index contributed by atoms with van der Waals surface area (Å²) in [5, 5.41) is 5.29. The molecule has 8 nitrogen and oxygen atoms in total. The molecule has 0 saturated carbocycles. The number of hydrogen-bond donors (Lipinski definition) is 0. The standard InChI is InChI=1S/C30H29Cl2N3O5/c1-16(2)21-14-22(17(3)11-26(21)38-5)28-34-25-10-8-7-9-20(25)29(36)35(28)33-15-19-12-23(31)27(24(32)13-19)40-18(4)30(37)39-6/h7-16,18H,1-6H3/t18-/m1/s1. The molecular weight excluding hydrogens is 553 g/mol. The maximum absolute atomic E-state index is 13.7. The molecule has 0 aliphatic carbocycles. The van der Waals surface area contributed by atoms with E-state index >= 15 is 0 Å². The molecule has 0 spiro atoms. The molecule has 0 fully saturated rings. The second-order valence-electron chi connectivity index (χ2n) is 9.47. The molecule has 0 unspecified atom stereocenters. The van der Waals surface area contributed by atoms with Gasteiger partial charge in [0.05, 0.1) is 41.4 Å². The van der Waals surface area contributed by atoms with Crippen molar-refractivity contribution in [3.63, 3.8) is 0 Å². The lowest BCUT2D eigenvalue weighted by molar-refractivity contribution is -0.147. The summed E-state index contributed by atoms with van der Waals surface area (Å²) >= 11 is 12.9. The van der Waals surface area contributed by atoms with E-state index in [1.165, 1.54) is 24.9 Å². The van der Waals surface area contributed by atoms with Gasteiger partial charge >= 0.3 is 5.97 Å². The Morgan fingerprint density at radius 1 is 1.05 bits per heavy atom. The maximum atomic E-state index is 13.7. The first kappa shape index (κ1) is 29.1. The Morgan fingerprint density at radius 3 is 2.35 bits per heavy atom. The highest BCUT2D eigenvalue weighted by Crippen LogP contribution is 2.36. The topological polar surface area (TPSA) is 92.0 Å². The van der Waals surface area contributed by atoms with E-state index in [9.17, 15) is 9.59 Å². The van der Waals surface area contributed by atoms with Gasteiger partial charge in [0.2, 0.25) is 0 Å². The van der Waals surface area contributed by atoms with E-state index < -0.39 is 12.1 Å². The van der Waals surface area contributed by atoms with Crippen LogP contribution >= 0.6 is 23.2 Å². The highest BCUT2D eigenvalue weighted by atomic mass is 35.5. The van der Waals surface area contributed by atoms with Crippen molar-refractivity contribution < 1.29 is 19.0 Å². The van der Waals surface area contributed by atoms with E-state index in [0.29, 0.717) is 22.3 Å². The van der Waals surface area contributed by atoms with Crippen LogP contribution in [0.25, 0.3) is 22.3 Å². The summed E-state index contributed by atoms with van der Waals surface area (Å²) in [6.07, 6.45) is 0.558. The van der Waals surface area contributed by atoms with Crippen LogP contribution in [-0.2, 0) is 9.53 Å². The fourth-order valence-corrected chi connectivity index (χ4v) is 4.85. The average molecular weight is 582 g/mol. The Hall–Kier alpha value is -3.88. The normalized spacial score (nSPS) is 12.2. The van der Waals surface area contributed by atoms with Crippen LogP contribution in [0, 0.1) is 6.92 Å². The number of methoxy groups -OCH3 is 2. The van der Waals surface area contributed by atoms with Gasteiger partial charge in [0.25, 0.3) is 5.56 Å². The van der Waals surface area contributed by atoms with Crippen LogP contribution in [-0.4, -0.2) is 42.2 Å². The van der Waals surface area contributed by atoms with Gasteiger partial charge in [0, 0.05) is 5.56 Å². The minimum atomic E-state index is -0.909. The van der Waals surface area contributed by atoms with Gasteiger partial charge in [0.15, 0.2) is 17.7 Å². The fraction of sp³-hybridized carbons (Fsp3) is 0.267. The van der Waals surface area contributed by atoms with Gasteiger partial charge in [-0.2, -0.15) is 9.78 Å². The van der Waals surface area contributed by atoms with Crippen molar-refractivity contribution in [1.82, 2.24) is 9.66 Å². The molecule has 0 aliphatic rings. The van der Waals surface area contributed by atoms with Crippen LogP contribution in [0.5, 0.6) is 11.5 Å². The van der Waals surface area contributed by atoms with Gasteiger partial charge in [-0.1, -0.05) is 49.2 Å². The van der Waals surface area contributed by atoms with Crippen LogP contribution in [0.4, 0.5) is 0 Å². The largest absolute Gasteiger partial charge is 0.496 e. The Morgan fingerprint density at radius 2 is 1.73 bits per heavy atom. The zero-order valence-electron chi connectivity index (χ0n) is 23.0. The minimum absolute atomic E-state index is 0.138. The van der Waals surface area contributed by atoms with Crippen molar-refractivity contribution in [1.29, 1.82) is 0 Å². The second kappa shape index (κ2) is 12.1. The molecule has 208 valence electrons. The number of para-hydroxylation sites is 1. The fourth-order valence-electron chi connectivity index (χ4n) is 4.25. The molecule has 0 aliphatic heterocycles. The van der Waals surface area contributed by atoms with Crippen molar-refractivity contribution in [2.24, 2.45) is 5.10 Å². The highest BCUT2D eigenvalue weighted by Gasteiger charge is 2.20. The molecule has 1 atom stereocenters. The summed E-state index contributed by atoms with van der Waals surface area (Å²) in [6, 6.07) is 14.2. The van der Waals surface area contributed by atoms with E-state index in [1.807, 2.05) is 25.1 Å². The molecule has 0 radical (unpaired) electrons. The summed E-state index contributed by atoms with van der Waals surface area (Å²) in [5.41, 5.74) is 3.34. The summed E-state index contributed by atoms with van der Waals surface area (Å²) in [6.45, 7) is 7.61. The van der Waals surface area contributed by atoms with Gasteiger partial charge in [-0.15, -0.1) is 0 Å². The van der Waals surface area contributed by atoms with Crippen molar-refractivity contribution in [2.45, 2.75) is 39.7 Å². The first-order chi connectivity index (χ1) is 19.0. The predicted molar refractivity (Wildman–Crippen MR) is 158 cm³/mol. The van der Waals surface area contributed by atoms with Crippen LogP contribution in [0.1, 0.15) is 43.4 Å². The van der Waals surface area contributed by atoms with E-state index in [4.69, 9.17) is 37.7 Å². The molecule has 0 N–H and O–H groups in total. The molecule has 0 amide bonds. The van der Waals surface area contributed by atoms with Crippen molar-refractivity contribution in [3.8, 4) is 22.9 Å². The number of halogens is 2. The molecule has 3 aromatic carbocycles. The Labute approximate surface area is 242 Å². The van der Waals surface area contributed by atoms with E-state index in [1.54, 1.807) is 37.4 Å². The summed E-state index contributed by atoms with van der Waals surface area (Å²) in [5.74, 6) is 0.889. The molecule has 4 rings (SSSR count). The first-order valence-corrected chi connectivity index (χ1v) is 13.3. The lowest BCUT2D eigenvalue weighted by atomic mass is 9.96. The van der Waals surface area contributed by atoms with Crippen LogP contribution in [0.3, 0.4) is 0 Å². The maximum Gasteiger partial charge on any atom is 0.346 e. The number of nitrogens with zero attached hydrogens (tertiary/aromatic N) is 3. The van der Waals surface area contributed by atoms with Crippen LogP contribution in [0.2, 0.25) is 10.0 Å². The molecular formula is C30H29Cl2N3O5. The number of carbonyl (C=O) groups excluding carboxylic acids is 1. The van der Waals surface area contributed by atoms with Gasteiger partial charge in [-0.05, 0) is 72.9 Å². The zero-order valence-corrected chi connectivity index (χ0v) is 24.5. The number of fused-ring (bicyclic) bond motifs is 1. The summed E-state index contributed by atoms with van der Waals surface area (Å²) in [7, 11) is 2.90. The predicted octanol–water partition coefficient (Wildman–Crippen LogP) is 6.63. The zero-order chi connectivity index (χ0) is 29.1. The lowest BCUT2D eigenvalue weighted by Crippen LogP contribution is -2.25. The third-order valence-corrected chi connectivity index (χ3v) is 6.93. The second-order valence-corrected chi connectivity index (χ2v) is 10.3. The molecule has 1 aromatic heterocycles. The number of aromatic nitrogens is 2. The van der Waals surface area contributed by atoms with Gasteiger partial charge in [-0.25, -0.2) is 9.78 Å². The molecule has 10 heteroatoms. The number of rotatable bonds is 8. The smallest absolute Gasteiger partial charge is 0.346 e. The quantitative estimate of drug-likeness (QED) is 0.171. The molecule has 4 aromatic rings. The van der Waals surface area contributed by atoms with Crippen molar-refractivity contribution in [2.75, 3.05) is 14.2 Å². The Bertz CT molecular complexity index is 1660. The SMILES string of the molecule is COC(=O)[C@@H](C)Oc1c(Cl)cc(C=Nn2c(-c3cc(C(C)C)c(OC)cc3C)nc3ccccc3c2=O)cc1Cl. The van der Waals surface area contributed by atoms with E-state index in [-0.39, 0.29) is 27.3 Å². The van der Waals surface area contributed by atoms with E-state index in [2.05, 4.69) is 23.7 Å². The summed E-state index contributed by atoms with van der Waals surface area (Å²) in [4.78, 5) is 30.3. The van der Waals surface area contributed by atoms with Gasteiger partial charge in [-0.3, -0.25) is 4.79 Å². The van der Waals surface area contributed by atoms with Crippen molar-refractivity contribution in [3.05, 3.63) is 85.6 Å². The van der Waals surface area contributed by atoms with Gasteiger partial charge < -0.3 is 14.2 Å². The van der Waals surface area contributed by atoms with Gasteiger partial charge in [0.1, 0.15) is 5.75 Å². The highest BCUT2D eigenvalue weighted by molar-refractivity contribution is 6.37. The first-order valence-electron chi connectivity index (χ1n) is 12.5. The number of aryl methyl sites for hydroxylation is 1.